The van der Waals surface area contributed by atoms with E-state index in [-0.39, 0.29) is 0 Å². The summed E-state index contributed by atoms with van der Waals surface area (Å²) < 4.78 is 0. The molecule has 21 heavy (non-hydrogen) atoms. The molecule has 2 atom stereocenters. The topological polar surface area (TPSA) is 12.9 Å². The molecule has 5 rings (SSSR count). The van der Waals surface area contributed by atoms with Crippen molar-refractivity contribution < 1.29 is 0 Å². The standard InChI is InChI=1S/C20H19N/c1-12-9-16-18-17(13-7-8-20(18,2)10-13)11-21-19(16)15-6-4-3-5-14(12)15/h3-6,9,11,13H,7-8,10H2,1-2H3/t13-,20+/m0/s1. The summed E-state index contributed by atoms with van der Waals surface area (Å²) >= 11 is 0. The van der Waals surface area contributed by atoms with Crippen LogP contribution >= 0.6 is 0 Å². The molecule has 1 heteroatoms. The van der Waals surface area contributed by atoms with Crippen molar-refractivity contribution >= 4 is 21.7 Å². The second kappa shape index (κ2) is 3.65. The van der Waals surface area contributed by atoms with Crippen LogP contribution < -0.4 is 0 Å². The molecule has 2 bridgehead atoms. The van der Waals surface area contributed by atoms with Crippen LogP contribution in [-0.4, -0.2) is 4.98 Å². The van der Waals surface area contributed by atoms with Crippen LogP contribution in [0.4, 0.5) is 0 Å². The number of hydrogen-bond acceptors (Lipinski definition) is 1. The number of fused-ring (bicyclic) bond motifs is 9. The second-order valence-corrected chi connectivity index (χ2v) is 7.22. The Balaban J connectivity index is 2.00. The SMILES string of the molecule is Cc1cc2c3c(cnc2c2ccccc12)[C@H]1CC[C@]3(C)C1. The first-order chi connectivity index (χ1) is 10.2. The number of pyridine rings is 1. The second-order valence-electron chi connectivity index (χ2n) is 7.22. The van der Waals surface area contributed by atoms with Crippen LogP contribution in [0.25, 0.3) is 21.7 Å². The van der Waals surface area contributed by atoms with Crippen molar-refractivity contribution in [3.05, 3.63) is 53.2 Å². The van der Waals surface area contributed by atoms with Gasteiger partial charge >= 0.3 is 0 Å². The highest BCUT2D eigenvalue weighted by atomic mass is 14.7. The number of aromatic nitrogens is 1. The van der Waals surface area contributed by atoms with Crippen LogP contribution in [0.15, 0.2) is 36.5 Å². The highest BCUT2D eigenvalue weighted by Crippen LogP contribution is 2.58. The number of rotatable bonds is 0. The Morgan fingerprint density at radius 1 is 1.14 bits per heavy atom. The fraction of sp³-hybridized carbons (Fsp3) is 0.350. The normalized spacial score (nSPS) is 26.7. The summed E-state index contributed by atoms with van der Waals surface area (Å²) in [5.74, 6) is 0.758. The van der Waals surface area contributed by atoms with Gasteiger partial charge in [-0.2, -0.15) is 0 Å². The molecule has 1 fully saturated rings. The lowest BCUT2D eigenvalue weighted by Gasteiger charge is -2.26. The van der Waals surface area contributed by atoms with Crippen molar-refractivity contribution in [2.75, 3.05) is 0 Å². The Bertz CT molecular complexity index is 908. The Labute approximate surface area is 125 Å². The van der Waals surface area contributed by atoms with E-state index in [4.69, 9.17) is 4.98 Å². The summed E-state index contributed by atoms with van der Waals surface area (Å²) in [6.07, 6.45) is 6.20. The molecule has 1 aromatic heterocycles. The molecule has 0 spiro atoms. The van der Waals surface area contributed by atoms with Gasteiger partial charge in [0.05, 0.1) is 5.52 Å². The molecule has 0 radical (unpaired) electrons. The molecule has 0 amide bonds. The summed E-state index contributed by atoms with van der Waals surface area (Å²) in [4.78, 5) is 4.87. The number of nitrogens with zero attached hydrogens (tertiary/aromatic N) is 1. The van der Waals surface area contributed by atoms with Crippen LogP contribution in [0.2, 0.25) is 0 Å². The van der Waals surface area contributed by atoms with Gasteiger partial charge in [0.1, 0.15) is 0 Å². The first kappa shape index (κ1) is 11.7. The number of benzene rings is 2. The van der Waals surface area contributed by atoms with Gasteiger partial charge in [-0.05, 0) is 65.7 Å². The molecule has 2 aliphatic carbocycles. The average Bonchev–Trinajstić information content (AvgIpc) is 3.02. The minimum Gasteiger partial charge on any atom is -0.255 e. The zero-order valence-corrected chi connectivity index (χ0v) is 12.6. The summed E-state index contributed by atoms with van der Waals surface area (Å²) in [5, 5.41) is 4.06. The lowest BCUT2D eigenvalue weighted by atomic mass is 9.79. The van der Waals surface area contributed by atoms with Crippen LogP contribution in [0.5, 0.6) is 0 Å². The third kappa shape index (κ3) is 1.35. The van der Waals surface area contributed by atoms with Crippen molar-refractivity contribution in [2.45, 2.75) is 44.4 Å². The summed E-state index contributed by atoms with van der Waals surface area (Å²) in [6.45, 7) is 4.69. The van der Waals surface area contributed by atoms with E-state index in [0.29, 0.717) is 5.41 Å². The van der Waals surface area contributed by atoms with E-state index >= 15 is 0 Å². The van der Waals surface area contributed by atoms with Gasteiger partial charge in [-0.3, -0.25) is 4.98 Å². The van der Waals surface area contributed by atoms with Gasteiger partial charge in [0.2, 0.25) is 0 Å². The van der Waals surface area contributed by atoms with E-state index < -0.39 is 0 Å². The number of aryl methyl sites for hydroxylation is 1. The van der Waals surface area contributed by atoms with Gasteiger partial charge in [-0.25, -0.2) is 0 Å². The van der Waals surface area contributed by atoms with Crippen molar-refractivity contribution in [3.8, 4) is 0 Å². The molecule has 2 aliphatic rings. The minimum absolute atomic E-state index is 0.385. The number of hydrogen-bond donors (Lipinski definition) is 0. The molecule has 1 nitrogen and oxygen atoms in total. The lowest BCUT2D eigenvalue weighted by Crippen LogP contribution is -2.16. The monoisotopic (exact) mass is 273 g/mol. The van der Waals surface area contributed by atoms with E-state index in [9.17, 15) is 0 Å². The van der Waals surface area contributed by atoms with E-state index in [1.54, 1.807) is 5.56 Å². The summed E-state index contributed by atoms with van der Waals surface area (Å²) in [6, 6.07) is 11.1. The maximum atomic E-state index is 4.87. The van der Waals surface area contributed by atoms with Crippen LogP contribution in [0, 0.1) is 6.92 Å². The van der Waals surface area contributed by atoms with Gasteiger partial charge in [0.15, 0.2) is 0 Å². The van der Waals surface area contributed by atoms with Gasteiger partial charge in [0, 0.05) is 17.0 Å². The van der Waals surface area contributed by atoms with Gasteiger partial charge in [-0.1, -0.05) is 31.2 Å². The molecule has 3 aromatic rings. The Morgan fingerprint density at radius 3 is 2.81 bits per heavy atom. The molecule has 2 aromatic carbocycles. The highest BCUT2D eigenvalue weighted by molar-refractivity contribution is 6.08. The Kier molecular flexibility index (Phi) is 2.04. The minimum atomic E-state index is 0.385. The van der Waals surface area contributed by atoms with Gasteiger partial charge < -0.3 is 0 Å². The van der Waals surface area contributed by atoms with E-state index in [1.165, 1.54) is 52.1 Å². The summed E-state index contributed by atoms with van der Waals surface area (Å²) in [5.41, 5.74) is 6.10. The fourth-order valence-corrected chi connectivity index (χ4v) is 4.94. The molecule has 1 heterocycles. The maximum absolute atomic E-state index is 4.87. The van der Waals surface area contributed by atoms with E-state index in [1.807, 2.05) is 0 Å². The first-order valence-corrected chi connectivity index (χ1v) is 7.99. The van der Waals surface area contributed by atoms with Crippen molar-refractivity contribution in [3.63, 3.8) is 0 Å². The third-order valence-electron chi connectivity index (χ3n) is 5.90. The Morgan fingerprint density at radius 2 is 1.95 bits per heavy atom. The molecule has 0 N–H and O–H groups in total. The molecule has 0 unspecified atom stereocenters. The van der Waals surface area contributed by atoms with E-state index in [0.717, 1.165) is 5.92 Å². The van der Waals surface area contributed by atoms with Crippen molar-refractivity contribution in [1.29, 1.82) is 0 Å². The van der Waals surface area contributed by atoms with Crippen LogP contribution in [0.1, 0.15) is 48.8 Å². The average molecular weight is 273 g/mol. The molecule has 0 aliphatic heterocycles. The molecule has 0 saturated heterocycles. The lowest BCUT2D eigenvalue weighted by molar-refractivity contribution is 0.509. The first-order valence-electron chi connectivity index (χ1n) is 7.99. The zero-order chi connectivity index (χ0) is 14.2. The smallest absolute Gasteiger partial charge is 0.0783 e. The molecule has 1 saturated carbocycles. The summed E-state index contributed by atoms with van der Waals surface area (Å²) in [7, 11) is 0. The molecular weight excluding hydrogens is 254 g/mol. The largest absolute Gasteiger partial charge is 0.255 e. The van der Waals surface area contributed by atoms with Gasteiger partial charge in [0.25, 0.3) is 0 Å². The van der Waals surface area contributed by atoms with E-state index in [2.05, 4.69) is 50.4 Å². The molecule has 104 valence electrons. The predicted octanol–water partition coefficient (Wildman–Crippen LogP) is 5.24. The molecular formula is C20H19N. The Hall–Kier alpha value is -1.89. The predicted molar refractivity (Wildman–Crippen MR) is 87.9 cm³/mol. The van der Waals surface area contributed by atoms with Gasteiger partial charge in [-0.15, -0.1) is 0 Å². The van der Waals surface area contributed by atoms with Crippen LogP contribution in [0.3, 0.4) is 0 Å². The zero-order valence-electron chi connectivity index (χ0n) is 12.6. The quantitative estimate of drug-likeness (QED) is 0.511. The van der Waals surface area contributed by atoms with Crippen molar-refractivity contribution in [1.82, 2.24) is 4.98 Å². The maximum Gasteiger partial charge on any atom is 0.0783 e. The van der Waals surface area contributed by atoms with Crippen LogP contribution in [-0.2, 0) is 5.41 Å². The van der Waals surface area contributed by atoms with Crippen molar-refractivity contribution in [2.24, 2.45) is 0 Å². The fourth-order valence-electron chi connectivity index (χ4n) is 4.94. The third-order valence-corrected chi connectivity index (χ3v) is 5.90. The highest BCUT2D eigenvalue weighted by Gasteiger charge is 2.47.